The number of hydrogen-bond donors (Lipinski definition) is 1. The minimum Gasteiger partial charge on any atom is -0.316 e. The summed E-state index contributed by atoms with van der Waals surface area (Å²) in [6, 6.07) is 6.14. The zero-order valence-electron chi connectivity index (χ0n) is 11.7. The van der Waals surface area contributed by atoms with Gasteiger partial charge in [-0.2, -0.15) is 0 Å². The first-order valence-corrected chi connectivity index (χ1v) is 8.40. The van der Waals surface area contributed by atoms with Gasteiger partial charge in [-0.15, -0.1) is 0 Å². The summed E-state index contributed by atoms with van der Waals surface area (Å²) in [4.78, 5) is 2.59. The van der Waals surface area contributed by atoms with E-state index in [2.05, 4.69) is 26.1 Å². The lowest BCUT2D eigenvalue weighted by Crippen LogP contribution is -2.39. The molecular formula is C16H22BrFN2. The van der Waals surface area contributed by atoms with Crippen LogP contribution in [0.2, 0.25) is 0 Å². The van der Waals surface area contributed by atoms with E-state index in [1.807, 2.05) is 12.1 Å². The lowest BCUT2D eigenvalue weighted by Gasteiger charge is -2.30. The fourth-order valence-corrected chi connectivity index (χ4v) is 3.49. The number of halogens is 2. The molecule has 2 nitrogen and oxygen atoms in total. The average Bonchev–Trinajstić information content (AvgIpc) is 3.28. The van der Waals surface area contributed by atoms with Crippen molar-refractivity contribution in [3.63, 3.8) is 0 Å². The summed E-state index contributed by atoms with van der Waals surface area (Å²) in [7, 11) is 0. The maximum atomic E-state index is 13.3. The summed E-state index contributed by atoms with van der Waals surface area (Å²) in [5, 5.41) is 3.50. The van der Waals surface area contributed by atoms with Gasteiger partial charge in [0.15, 0.2) is 0 Å². The number of rotatable bonds is 5. The Bertz CT molecular complexity index is 456. The maximum absolute atomic E-state index is 13.3. The molecule has 2 fully saturated rings. The minimum atomic E-state index is -0.178. The van der Waals surface area contributed by atoms with Crippen molar-refractivity contribution < 1.29 is 4.39 Å². The van der Waals surface area contributed by atoms with Crippen molar-refractivity contribution in [2.24, 2.45) is 5.92 Å². The first-order valence-electron chi connectivity index (χ1n) is 7.61. The Hall–Kier alpha value is -0.450. The van der Waals surface area contributed by atoms with Crippen molar-refractivity contribution >= 4 is 15.9 Å². The summed E-state index contributed by atoms with van der Waals surface area (Å²) in [5.41, 5.74) is 1.20. The average molecular weight is 341 g/mol. The first-order chi connectivity index (χ1) is 9.72. The van der Waals surface area contributed by atoms with Crippen LogP contribution in [-0.2, 0) is 6.54 Å². The van der Waals surface area contributed by atoms with Gasteiger partial charge in [-0.05, 0) is 78.3 Å². The van der Waals surface area contributed by atoms with E-state index in [1.54, 1.807) is 6.07 Å². The first kappa shape index (κ1) is 14.5. The predicted molar refractivity (Wildman–Crippen MR) is 83.1 cm³/mol. The van der Waals surface area contributed by atoms with Crippen LogP contribution in [0.4, 0.5) is 4.39 Å². The molecule has 0 amide bonds. The molecule has 1 unspecified atom stereocenters. The van der Waals surface area contributed by atoms with Crippen molar-refractivity contribution in [3.05, 3.63) is 34.1 Å². The van der Waals surface area contributed by atoms with Gasteiger partial charge in [-0.1, -0.05) is 6.07 Å². The standard InChI is InChI=1S/C16H22BrFN2/c17-15-8-12(3-6-16(15)18)10-20(14-4-5-14)11-13-2-1-7-19-9-13/h3,6,8,13-14,19H,1-2,4-5,7,9-11H2. The van der Waals surface area contributed by atoms with Crippen molar-refractivity contribution in [3.8, 4) is 0 Å². The molecular weight excluding hydrogens is 319 g/mol. The number of hydrogen-bond acceptors (Lipinski definition) is 2. The van der Waals surface area contributed by atoms with Gasteiger partial charge in [0.25, 0.3) is 0 Å². The SMILES string of the molecule is Fc1ccc(CN(CC2CCCNC2)C2CC2)cc1Br. The maximum Gasteiger partial charge on any atom is 0.137 e. The van der Waals surface area contributed by atoms with Crippen LogP contribution in [0.15, 0.2) is 22.7 Å². The molecule has 1 saturated heterocycles. The Balaban J connectivity index is 1.62. The van der Waals surface area contributed by atoms with Crippen molar-refractivity contribution in [2.75, 3.05) is 19.6 Å². The molecule has 1 saturated carbocycles. The lowest BCUT2D eigenvalue weighted by molar-refractivity contribution is 0.192. The van der Waals surface area contributed by atoms with E-state index in [4.69, 9.17) is 0 Å². The van der Waals surface area contributed by atoms with Gasteiger partial charge < -0.3 is 5.32 Å². The van der Waals surface area contributed by atoms with Gasteiger partial charge in [-0.3, -0.25) is 4.90 Å². The second-order valence-electron chi connectivity index (χ2n) is 6.12. The van der Waals surface area contributed by atoms with Crippen LogP contribution in [0.25, 0.3) is 0 Å². The molecule has 1 heterocycles. The van der Waals surface area contributed by atoms with Gasteiger partial charge in [0, 0.05) is 19.1 Å². The second-order valence-corrected chi connectivity index (χ2v) is 6.98. The molecule has 110 valence electrons. The third-order valence-electron chi connectivity index (χ3n) is 4.32. The van der Waals surface area contributed by atoms with Crippen LogP contribution in [0, 0.1) is 11.7 Å². The highest BCUT2D eigenvalue weighted by atomic mass is 79.9. The monoisotopic (exact) mass is 340 g/mol. The molecule has 0 aromatic heterocycles. The molecule has 0 spiro atoms. The van der Waals surface area contributed by atoms with Crippen molar-refractivity contribution in [1.29, 1.82) is 0 Å². The van der Waals surface area contributed by atoms with Crippen molar-refractivity contribution in [1.82, 2.24) is 10.2 Å². The molecule has 3 rings (SSSR count). The van der Waals surface area contributed by atoms with E-state index in [1.165, 1.54) is 44.3 Å². The number of benzene rings is 1. The summed E-state index contributed by atoms with van der Waals surface area (Å²) < 4.78 is 13.9. The van der Waals surface area contributed by atoms with Gasteiger partial charge in [0.05, 0.1) is 4.47 Å². The summed E-state index contributed by atoms with van der Waals surface area (Å²) in [6.07, 6.45) is 5.28. The number of piperidine rings is 1. The molecule has 1 atom stereocenters. The number of nitrogens with one attached hydrogen (secondary N) is 1. The molecule has 1 aliphatic carbocycles. The van der Waals surface area contributed by atoms with E-state index >= 15 is 0 Å². The Labute approximate surface area is 128 Å². The third-order valence-corrected chi connectivity index (χ3v) is 4.93. The van der Waals surface area contributed by atoms with Crippen LogP contribution in [-0.4, -0.2) is 30.6 Å². The molecule has 20 heavy (non-hydrogen) atoms. The van der Waals surface area contributed by atoms with E-state index in [9.17, 15) is 4.39 Å². The topological polar surface area (TPSA) is 15.3 Å². The Morgan fingerprint density at radius 3 is 2.80 bits per heavy atom. The quantitative estimate of drug-likeness (QED) is 0.881. The highest BCUT2D eigenvalue weighted by Crippen LogP contribution is 2.30. The minimum absolute atomic E-state index is 0.178. The Morgan fingerprint density at radius 1 is 1.30 bits per heavy atom. The van der Waals surface area contributed by atoms with Gasteiger partial charge >= 0.3 is 0 Å². The summed E-state index contributed by atoms with van der Waals surface area (Å²) in [5.74, 6) is 0.594. The zero-order chi connectivity index (χ0) is 13.9. The summed E-state index contributed by atoms with van der Waals surface area (Å²) in [6.45, 7) is 4.44. The van der Waals surface area contributed by atoms with Gasteiger partial charge in [0.2, 0.25) is 0 Å². The van der Waals surface area contributed by atoms with E-state index in [0.717, 1.165) is 25.0 Å². The highest BCUT2D eigenvalue weighted by Gasteiger charge is 2.30. The van der Waals surface area contributed by atoms with Crippen LogP contribution in [0.1, 0.15) is 31.2 Å². The summed E-state index contributed by atoms with van der Waals surface area (Å²) >= 11 is 3.28. The normalized spacial score (nSPS) is 23.2. The Kier molecular flexibility index (Phi) is 4.74. The molecule has 1 aromatic carbocycles. The molecule has 1 aliphatic heterocycles. The fourth-order valence-electron chi connectivity index (χ4n) is 3.07. The van der Waals surface area contributed by atoms with E-state index in [0.29, 0.717) is 4.47 Å². The van der Waals surface area contributed by atoms with E-state index in [-0.39, 0.29) is 5.82 Å². The van der Waals surface area contributed by atoms with Crippen LogP contribution >= 0.6 is 15.9 Å². The van der Waals surface area contributed by atoms with Crippen molar-refractivity contribution in [2.45, 2.75) is 38.3 Å². The smallest absolute Gasteiger partial charge is 0.137 e. The second kappa shape index (κ2) is 6.54. The van der Waals surface area contributed by atoms with Crippen LogP contribution in [0.5, 0.6) is 0 Å². The van der Waals surface area contributed by atoms with Crippen LogP contribution < -0.4 is 5.32 Å². The zero-order valence-corrected chi connectivity index (χ0v) is 13.3. The Morgan fingerprint density at radius 2 is 2.15 bits per heavy atom. The molecule has 1 N–H and O–H groups in total. The third kappa shape index (κ3) is 3.80. The number of nitrogens with zero attached hydrogens (tertiary/aromatic N) is 1. The highest BCUT2D eigenvalue weighted by molar-refractivity contribution is 9.10. The van der Waals surface area contributed by atoms with E-state index < -0.39 is 0 Å². The van der Waals surface area contributed by atoms with Gasteiger partial charge in [0.1, 0.15) is 5.82 Å². The molecule has 1 aromatic rings. The van der Waals surface area contributed by atoms with Crippen LogP contribution in [0.3, 0.4) is 0 Å². The molecule has 0 radical (unpaired) electrons. The molecule has 4 heteroatoms. The lowest BCUT2D eigenvalue weighted by atomic mass is 9.98. The molecule has 0 bridgehead atoms. The molecule has 2 aliphatic rings. The van der Waals surface area contributed by atoms with Gasteiger partial charge in [-0.25, -0.2) is 4.39 Å². The predicted octanol–water partition coefficient (Wildman–Crippen LogP) is 3.55. The largest absolute Gasteiger partial charge is 0.316 e. The fraction of sp³-hybridized carbons (Fsp3) is 0.625.